The first-order valence-corrected chi connectivity index (χ1v) is 9.37. The summed E-state index contributed by atoms with van der Waals surface area (Å²) < 4.78 is 5.48. The third-order valence-corrected chi connectivity index (χ3v) is 3.99. The summed E-state index contributed by atoms with van der Waals surface area (Å²) in [4.78, 5) is 23.6. The van der Waals surface area contributed by atoms with E-state index in [0.717, 1.165) is 11.1 Å². The van der Waals surface area contributed by atoms with Gasteiger partial charge in [-0.1, -0.05) is 48.5 Å². The van der Waals surface area contributed by atoms with Crippen LogP contribution >= 0.6 is 0 Å². The molecule has 152 valence electrons. The lowest BCUT2D eigenvalue weighted by atomic mass is 10.2. The van der Waals surface area contributed by atoms with Crippen molar-refractivity contribution in [2.75, 3.05) is 11.9 Å². The van der Waals surface area contributed by atoms with Crippen LogP contribution in [0.3, 0.4) is 0 Å². The van der Waals surface area contributed by atoms with Gasteiger partial charge in [-0.05, 0) is 47.5 Å². The van der Waals surface area contributed by atoms with Crippen molar-refractivity contribution in [3.63, 3.8) is 0 Å². The Kier molecular flexibility index (Phi) is 7.56. The number of carbonyl (C=O) groups is 2. The highest BCUT2D eigenvalue weighted by molar-refractivity contribution is 5.90. The second-order valence-corrected chi connectivity index (χ2v) is 6.31. The van der Waals surface area contributed by atoms with E-state index in [1.807, 2.05) is 48.5 Å². The lowest BCUT2D eigenvalue weighted by molar-refractivity contribution is -0.123. The summed E-state index contributed by atoms with van der Waals surface area (Å²) in [7, 11) is 0. The number of hydrogen-bond donors (Lipinski definition) is 3. The van der Waals surface area contributed by atoms with Gasteiger partial charge in [0.05, 0.1) is 6.21 Å². The van der Waals surface area contributed by atoms with Gasteiger partial charge in [-0.2, -0.15) is 5.10 Å². The van der Waals surface area contributed by atoms with Crippen molar-refractivity contribution < 1.29 is 14.3 Å². The van der Waals surface area contributed by atoms with Crippen molar-refractivity contribution in [2.45, 2.75) is 6.54 Å². The second kappa shape index (κ2) is 11.0. The van der Waals surface area contributed by atoms with E-state index in [4.69, 9.17) is 4.74 Å². The molecule has 0 atom stereocenters. The molecule has 30 heavy (non-hydrogen) atoms. The second-order valence-electron chi connectivity index (χ2n) is 6.31. The van der Waals surface area contributed by atoms with Gasteiger partial charge >= 0.3 is 6.03 Å². The van der Waals surface area contributed by atoms with E-state index >= 15 is 0 Å². The zero-order chi connectivity index (χ0) is 21.0. The standard InChI is InChI=1S/C23H22N4O3/c28-22(24-15-18-7-3-1-4-8-18)17-30-21-13-11-19(12-14-21)16-25-27-23(29)26-20-9-5-2-6-10-20/h1-14,16H,15,17H2,(H,24,28)(H2,26,27,29)/b25-16-. The minimum Gasteiger partial charge on any atom is -0.484 e. The molecule has 0 aliphatic carbocycles. The highest BCUT2D eigenvalue weighted by atomic mass is 16.5. The molecule has 0 heterocycles. The van der Waals surface area contributed by atoms with Crippen molar-refractivity contribution in [3.8, 4) is 5.75 Å². The Balaban J connectivity index is 1.38. The van der Waals surface area contributed by atoms with Gasteiger partial charge in [0.25, 0.3) is 5.91 Å². The molecule has 3 aromatic carbocycles. The van der Waals surface area contributed by atoms with Crippen LogP contribution in [0.1, 0.15) is 11.1 Å². The number of anilines is 1. The first kappa shape index (κ1) is 20.6. The summed E-state index contributed by atoms with van der Waals surface area (Å²) in [6.45, 7) is 0.394. The summed E-state index contributed by atoms with van der Waals surface area (Å²) in [6.07, 6.45) is 1.51. The number of ether oxygens (including phenoxy) is 1. The molecule has 3 aromatic rings. The Morgan fingerprint density at radius 2 is 1.53 bits per heavy atom. The predicted molar refractivity (Wildman–Crippen MR) is 116 cm³/mol. The third-order valence-electron chi connectivity index (χ3n) is 3.99. The first-order chi connectivity index (χ1) is 14.7. The lowest BCUT2D eigenvalue weighted by Gasteiger charge is -2.08. The van der Waals surface area contributed by atoms with Crippen LogP contribution in [-0.4, -0.2) is 24.8 Å². The number of benzene rings is 3. The van der Waals surface area contributed by atoms with Crippen LogP contribution in [0.15, 0.2) is 90.0 Å². The van der Waals surface area contributed by atoms with Gasteiger partial charge in [0.1, 0.15) is 5.75 Å². The first-order valence-electron chi connectivity index (χ1n) is 9.37. The molecular weight excluding hydrogens is 380 g/mol. The van der Waals surface area contributed by atoms with Gasteiger partial charge in [0.2, 0.25) is 0 Å². The molecule has 7 heteroatoms. The Hall–Kier alpha value is -4.13. The maximum Gasteiger partial charge on any atom is 0.339 e. The van der Waals surface area contributed by atoms with Crippen LogP contribution in [0.2, 0.25) is 0 Å². The van der Waals surface area contributed by atoms with Gasteiger partial charge < -0.3 is 15.4 Å². The number of amides is 3. The topological polar surface area (TPSA) is 91.8 Å². The fourth-order valence-electron chi connectivity index (χ4n) is 2.49. The summed E-state index contributed by atoms with van der Waals surface area (Å²) in [5, 5.41) is 9.37. The number of urea groups is 1. The largest absolute Gasteiger partial charge is 0.484 e. The van der Waals surface area contributed by atoms with E-state index in [0.29, 0.717) is 18.0 Å². The Labute approximate surface area is 174 Å². The molecule has 0 aromatic heterocycles. The van der Waals surface area contributed by atoms with Crippen molar-refractivity contribution in [2.24, 2.45) is 5.10 Å². The Morgan fingerprint density at radius 1 is 0.867 bits per heavy atom. The molecule has 3 rings (SSSR count). The fourth-order valence-corrected chi connectivity index (χ4v) is 2.49. The van der Waals surface area contributed by atoms with Gasteiger partial charge in [0, 0.05) is 12.2 Å². The zero-order valence-corrected chi connectivity index (χ0v) is 16.2. The number of nitrogens with one attached hydrogen (secondary N) is 3. The summed E-state index contributed by atoms with van der Waals surface area (Å²) in [6, 6.07) is 25.3. The van der Waals surface area contributed by atoms with Crippen LogP contribution in [0.25, 0.3) is 0 Å². The summed E-state index contributed by atoms with van der Waals surface area (Å²) in [5.41, 5.74) is 4.88. The molecule has 0 bridgehead atoms. The molecular formula is C23H22N4O3. The molecule has 0 aliphatic rings. The lowest BCUT2D eigenvalue weighted by Crippen LogP contribution is -2.28. The van der Waals surface area contributed by atoms with Gasteiger partial charge in [-0.25, -0.2) is 10.2 Å². The molecule has 3 N–H and O–H groups in total. The zero-order valence-electron chi connectivity index (χ0n) is 16.2. The number of para-hydroxylation sites is 1. The maximum atomic E-state index is 11.9. The highest BCUT2D eigenvalue weighted by Crippen LogP contribution is 2.11. The normalized spacial score (nSPS) is 10.4. The van der Waals surface area contributed by atoms with Crippen molar-refractivity contribution in [3.05, 3.63) is 96.1 Å². The van der Waals surface area contributed by atoms with Gasteiger partial charge in [-0.3, -0.25) is 4.79 Å². The fraction of sp³-hybridized carbons (Fsp3) is 0.0870. The van der Waals surface area contributed by atoms with Crippen molar-refractivity contribution >= 4 is 23.8 Å². The molecule has 0 unspecified atom stereocenters. The van der Waals surface area contributed by atoms with Crippen molar-refractivity contribution in [1.29, 1.82) is 0 Å². The Bertz CT molecular complexity index is 974. The maximum absolute atomic E-state index is 11.9. The average molecular weight is 402 g/mol. The minimum atomic E-state index is -0.432. The molecule has 0 saturated heterocycles. The van der Waals surface area contributed by atoms with Crippen LogP contribution in [0.5, 0.6) is 5.75 Å². The average Bonchev–Trinajstić information content (AvgIpc) is 2.78. The van der Waals surface area contributed by atoms with E-state index < -0.39 is 6.03 Å². The van der Waals surface area contributed by atoms with Crippen molar-refractivity contribution in [1.82, 2.24) is 10.7 Å². The minimum absolute atomic E-state index is 0.0680. The van der Waals surface area contributed by atoms with E-state index in [1.165, 1.54) is 6.21 Å². The smallest absolute Gasteiger partial charge is 0.339 e. The van der Waals surface area contributed by atoms with Gasteiger partial charge in [0.15, 0.2) is 6.61 Å². The molecule has 0 radical (unpaired) electrons. The van der Waals surface area contributed by atoms with E-state index in [2.05, 4.69) is 21.2 Å². The van der Waals surface area contributed by atoms with Crippen LogP contribution < -0.4 is 20.8 Å². The monoisotopic (exact) mass is 402 g/mol. The molecule has 7 nitrogen and oxygen atoms in total. The number of hydrogen-bond acceptors (Lipinski definition) is 4. The summed E-state index contributed by atoms with van der Waals surface area (Å²) in [5.74, 6) is 0.370. The molecule has 0 saturated carbocycles. The summed E-state index contributed by atoms with van der Waals surface area (Å²) >= 11 is 0. The molecule has 0 fully saturated rings. The molecule has 3 amide bonds. The molecule has 0 spiro atoms. The highest BCUT2D eigenvalue weighted by Gasteiger charge is 2.03. The number of hydrazone groups is 1. The number of rotatable bonds is 8. The van der Waals surface area contributed by atoms with Crippen LogP contribution in [0.4, 0.5) is 10.5 Å². The quantitative estimate of drug-likeness (QED) is 0.398. The third kappa shape index (κ3) is 7.12. The van der Waals surface area contributed by atoms with Crippen LogP contribution in [-0.2, 0) is 11.3 Å². The SMILES string of the molecule is O=C(COc1ccc(/C=N\NC(=O)Nc2ccccc2)cc1)NCc1ccccc1. The van der Waals surface area contributed by atoms with Gasteiger partial charge in [-0.15, -0.1) is 0 Å². The predicted octanol–water partition coefficient (Wildman–Crippen LogP) is 3.54. The van der Waals surface area contributed by atoms with E-state index in [-0.39, 0.29) is 12.5 Å². The number of nitrogens with zero attached hydrogens (tertiary/aromatic N) is 1. The van der Waals surface area contributed by atoms with E-state index in [1.54, 1.807) is 36.4 Å². The molecule has 0 aliphatic heterocycles. The van der Waals surface area contributed by atoms with Crippen LogP contribution in [0, 0.1) is 0 Å². The van der Waals surface area contributed by atoms with E-state index in [9.17, 15) is 9.59 Å². The number of carbonyl (C=O) groups excluding carboxylic acids is 2. The Morgan fingerprint density at radius 3 is 2.23 bits per heavy atom.